The Balaban J connectivity index is 2.66. The van der Waals surface area contributed by atoms with Crippen molar-refractivity contribution in [2.24, 2.45) is 0 Å². The quantitative estimate of drug-likeness (QED) is 0.898. The standard InChI is InChI=1S/C15H19F3N2/c1-10(2)20-11(7-8-19-3)9-12-13(15(16,17)18)5-4-6-14(12)20/h4-6,9-10,19H,7-8H2,1-3H3. The van der Waals surface area contributed by atoms with Crippen molar-refractivity contribution in [3.63, 3.8) is 0 Å². The van der Waals surface area contributed by atoms with Gasteiger partial charge >= 0.3 is 6.18 Å². The maximum Gasteiger partial charge on any atom is 0.417 e. The molecule has 0 saturated heterocycles. The van der Waals surface area contributed by atoms with E-state index in [9.17, 15) is 13.2 Å². The number of hydrogen-bond donors (Lipinski definition) is 1. The molecule has 2 nitrogen and oxygen atoms in total. The molecular formula is C15H19F3N2. The van der Waals surface area contributed by atoms with Gasteiger partial charge in [0.1, 0.15) is 0 Å². The van der Waals surface area contributed by atoms with E-state index in [0.717, 1.165) is 18.3 Å². The average molecular weight is 284 g/mol. The molecule has 20 heavy (non-hydrogen) atoms. The fourth-order valence-corrected chi connectivity index (χ4v) is 2.61. The second-order valence-corrected chi connectivity index (χ2v) is 5.19. The summed E-state index contributed by atoms with van der Waals surface area (Å²) in [5, 5.41) is 3.33. The predicted molar refractivity (Wildman–Crippen MR) is 75.0 cm³/mol. The Kier molecular flexibility index (Phi) is 4.09. The third kappa shape index (κ3) is 2.68. The smallest absolute Gasteiger partial charge is 0.342 e. The normalized spacial score (nSPS) is 12.6. The number of aromatic nitrogens is 1. The number of alkyl halides is 3. The molecule has 0 unspecified atom stereocenters. The Morgan fingerprint density at radius 2 is 1.95 bits per heavy atom. The molecule has 0 spiro atoms. The number of fused-ring (bicyclic) bond motifs is 1. The molecule has 2 rings (SSSR count). The highest BCUT2D eigenvalue weighted by Crippen LogP contribution is 2.37. The van der Waals surface area contributed by atoms with E-state index in [-0.39, 0.29) is 6.04 Å². The van der Waals surface area contributed by atoms with Crippen LogP contribution in [0, 0.1) is 0 Å². The van der Waals surface area contributed by atoms with Gasteiger partial charge < -0.3 is 9.88 Å². The number of nitrogens with zero attached hydrogens (tertiary/aromatic N) is 1. The summed E-state index contributed by atoms with van der Waals surface area (Å²) in [6.45, 7) is 4.72. The van der Waals surface area contributed by atoms with E-state index in [1.807, 2.05) is 25.5 Å². The van der Waals surface area contributed by atoms with E-state index in [1.54, 1.807) is 12.1 Å². The zero-order valence-electron chi connectivity index (χ0n) is 11.9. The Bertz CT molecular complexity index is 597. The number of nitrogens with one attached hydrogen (secondary N) is 1. The molecule has 110 valence electrons. The first-order valence-electron chi connectivity index (χ1n) is 6.71. The van der Waals surface area contributed by atoms with Crippen LogP contribution in [0.1, 0.15) is 31.1 Å². The lowest BCUT2D eigenvalue weighted by molar-refractivity contribution is -0.136. The fourth-order valence-electron chi connectivity index (χ4n) is 2.61. The minimum absolute atomic E-state index is 0.128. The van der Waals surface area contributed by atoms with Gasteiger partial charge in [-0.3, -0.25) is 0 Å². The van der Waals surface area contributed by atoms with Crippen LogP contribution in [-0.2, 0) is 12.6 Å². The van der Waals surface area contributed by atoms with Crippen LogP contribution in [0.5, 0.6) is 0 Å². The van der Waals surface area contributed by atoms with Gasteiger partial charge in [-0.05, 0) is 39.1 Å². The molecule has 0 amide bonds. The molecule has 0 aliphatic rings. The fraction of sp³-hybridized carbons (Fsp3) is 0.467. The second-order valence-electron chi connectivity index (χ2n) is 5.19. The van der Waals surface area contributed by atoms with Crippen molar-refractivity contribution in [1.29, 1.82) is 0 Å². The first-order chi connectivity index (χ1) is 9.36. The lowest BCUT2D eigenvalue weighted by atomic mass is 10.1. The first kappa shape index (κ1) is 14.9. The molecule has 1 heterocycles. The van der Waals surface area contributed by atoms with Gasteiger partial charge in [0.2, 0.25) is 0 Å². The molecule has 5 heteroatoms. The molecule has 0 radical (unpaired) electrons. The van der Waals surface area contributed by atoms with Gasteiger partial charge in [0.05, 0.1) is 5.56 Å². The first-order valence-corrected chi connectivity index (χ1v) is 6.71. The van der Waals surface area contributed by atoms with Gasteiger partial charge in [-0.15, -0.1) is 0 Å². The van der Waals surface area contributed by atoms with Gasteiger partial charge in [-0.2, -0.15) is 13.2 Å². The highest BCUT2D eigenvalue weighted by atomic mass is 19.4. The molecule has 0 aliphatic carbocycles. The van der Waals surface area contributed by atoms with E-state index in [2.05, 4.69) is 5.32 Å². The number of rotatable bonds is 4. The van der Waals surface area contributed by atoms with E-state index in [4.69, 9.17) is 0 Å². The maximum atomic E-state index is 13.1. The van der Waals surface area contributed by atoms with Crippen LogP contribution < -0.4 is 5.32 Å². The molecule has 1 aromatic heterocycles. The minimum atomic E-state index is -4.32. The number of hydrogen-bond acceptors (Lipinski definition) is 1. The topological polar surface area (TPSA) is 17.0 Å². The van der Waals surface area contributed by atoms with Crippen LogP contribution >= 0.6 is 0 Å². The molecule has 1 aromatic carbocycles. The monoisotopic (exact) mass is 284 g/mol. The van der Waals surface area contributed by atoms with Crippen LogP contribution in [0.4, 0.5) is 13.2 Å². The van der Waals surface area contributed by atoms with Crippen LogP contribution in [0.3, 0.4) is 0 Å². The summed E-state index contributed by atoms with van der Waals surface area (Å²) >= 11 is 0. The SMILES string of the molecule is CNCCc1cc2c(C(F)(F)F)cccc2n1C(C)C. The van der Waals surface area contributed by atoms with E-state index in [1.165, 1.54) is 6.07 Å². The van der Waals surface area contributed by atoms with E-state index >= 15 is 0 Å². The third-order valence-electron chi connectivity index (χ3n) is 3.42. The summed E-state index contributed by atoms with van der Waals surface area (Å²) in [4.78, 5) is 0. The van der Waals surface area contributed by atoms with Crippen molar-refractivity contribution in [2.75, 3.05) is 13.6 Å². The van der Waals surface area contributed by atoms with Crippen molar-refractivity contribution < 1.29 is 13.2 Å². The highest BCUT2D eigenvalue weighted by molar-refractivity contribution is 5.85. The van der Waals surface area contributed by atoms with E-state index in [0.29, 0.717) is 17.3 Å². The van der Waals surface area contributed by atoms with Gasteiger partial charge in [-0.1, -0.05) is 6.07 Å². The summed E-state index contributed by atoms with van der Waals surface area (Å²) in [6, 6.07) is 6.19. The summed E-state index contributed by atoms with van der Waals surface area (Å²) in [5.74, 6) is 0. The largest absolute Gasteiger partial charge is 0.417 e. The van der Waals surface area contributed by atoms with Gasteiger partial charge in [0.25, 0.3) is 0 Å². The second kappa shape index (κ2) is 5.48. The van der Waals surface area contributed by atoms with Crippen molar-refractivity contribution in [3.05, 3.63) is 35.5 Å². The van der Waals surface area contributed by atoms with Crippen LogP contribution in [0.25, 0.3) is 10.9 Å². The Labute approximate surface area is 116 Å². The summed E-state index contributed by atoms with van der Waals surface area (Å²) in [5.41, 5.74) is 1.03. The van der Waals surface area contributed by atoms with Gasteiger partial charge in [-0.25, -0.2) is 0 Å². The van der Waals surface area contributed by atoms with Crippen molar-refractivity contribution in [2.45, 2.75) is 32.5 Å². The Hall–Kier alpha value is -1.49. The Morgan fingerprint density at radius 3 is 2.50 bits per heavy atom. The third-order valence-corrected chi connectivity index (χ3v) is 3.42. The summed E-state index contributed by atoms with van der Waals surface area (Å²) in [7, 11) is 1.84. The van der Waals surface area contributed by atoms with Crippen molar-refractivity contribution in [3.8, 4) is 0 Å². The van der Waals surface area contributed by atoms with Crippen LogP contribution in [-0.4, -0.2) is 18.2 Å². The molecule has 1 N–H and O–H groups in total. The lowest BCUT2D eigenvalue weighted by Crippen LogP contribution is -2.14. The molecule has 0 saturated carbocycles. The summed E-state index contributed by atoms with van der Waals surface area (Å²) < 4.78 is 41.3. The Morgan fingerprint density at radius 1 is 1.25 bits per heavy atom. The van der Waals surface area contributed by atoms with Crippen molar-refractivity contribution in [1.82, 2.24) is 9.88 Å². The van der Waals surface area contributed by atoms with Gasteiger partial charge in [0.15, 0.2) is 0 Å². The molecule has 0 atom stereocenters. The molecule has 0 fully saturated rings. The highest BCUT2D eigenvalue weighted by Gasteiger charge is 2.33. The number of halogens is 3. The summed E-state index contributed by atoms with van der Waals surface area (Å²) in [6.07, 6.45) is -3.61. The zero-order chi connectivity index (χ0) is 14.9. The van der Waals surface area contributed by atoms with E-state index < -0.39 is 11.7 Å². The number of benzene rings is 1. The number of likely N-dealkylation sites (N-methyl/N-ethyl adjacent to an activating group) is 1. The molecule has 2 aromatic rings. The minimum Gasteiger partial charge on any atom is -0.342 e. The molecule has 0 aliphatic heterocycles. The van der Waals surface area contributed by atoms with Crippen molar-refractivity contribution >= 4 is 10.9 Å². The zero-order valence-corrected chi connectivity index (χ0v) is 11.9. The molecule has 0 bridgehead atoms. The average Bonchev–Trinajstić information content (AvgIpc) is 2.72. The maximum absolute atomic E-state index is 13.1. The van der Waals surface area contributed by atoms with Crippen LogP contribution in [0.15, 0.2) is 24.3 Å². The lowest BCUT2D eigenvalue weighted by Gasteiger charge is -2.15. The van der Waals surface area contributed by atoms with Crippen LogP contribution in [0.2, 0.25) is 0 Å². The predicted octanol–water partition coefficient (Wildman–Crippen LogP) is 4.00. The molecular weight excluding hydrogens is 265 g/mol. The van der Waals surface area contributed by atoms with Gasteiger partial charge in [0, 0.05) is 35.6 Å².